The Bertz CT molecular complexity index is 1260. The van der Waals surface area contributed by atoms with Crippen LogP contribution in [-0.2, 0) is 0 Å². The van der Waals surface area contributed by atoms with Gasteiger partial charge in [0.2, 0.25) is 0 Å². The Hall–Kier alpha value is -3.09. The summed E-state index contributed by atoms with van der Waals surface area (Å²) in [4.78, 5) is 22.4. The molecule has 7 heteroatoms. The minimum atomic E-state index is -0.329. The molecule has 4 aromatic rings. The van der Waals surface area contributed by atoms with Gasteiger partial charge in [-0.3, -0.25) is 4.79 Å². The maximum absolute atomic E-state index is 13.7. The van der Waals surface area contributed by atoms with Crippen LogP contribution in [0.3, 0.4) is 0 Å². The second-order valence-corrected chi connectivity index (χ2v) is 8.06. The molecule has 3 aromatic heterocycles. The van der Waals surface area contributed by atoms with Gasteiger partial charge in [0.05, 0.1) is 16.6 Å². The predicted octanol–water partition coefficient (Wildman–Crippen LogP) is 4.24. The highest BCUT2D eigenvalue weighted by molar-refractivity contribution is 5.93. The van der Waals surface area contributed by atoms with Gasteiger partial charge in [-0.05, 0) is 48.6 Å². The fraction of sp³-hybridized carbons (Fsp3) is 0.364. The van der Waals surface area contributed by atoms with Crippen molar-refractivity contribution in [2.75, 3.05) is 0 Å². The summed E-state index contributed by atoms with van der Waals surface area (Å²) in [5.41, 5.74) is 1.79. The highest BCUT2D eigenvalue weighted by atomic mass is 19.1. The lowest BCUT2D eigenvalue weighted by atomic mass is 9.78. The van der Waals surface area contributed by atoms with Gasteiger partial charge in [0.15, 0.2) is 0 Å². The summed E-state index contributed by atoms with van der Waals surface area (Å²) in [6, 6.07) is 8.13. The molecule has 1 fully saturated rings. The lowest BCUT2D eigenvalue weighted by Crippen LogP contribution is -2.33. The number of fused-ring (bicyclic) bond motifs is 2. The van der Waals surface area contributed by atoms with Crippen LogP contribution in [0.1, 0.15) is 39.2 Å². The molecule has 0 aliphatic heterocycles. The molecule has 0 N–H and O–H groups in total. The monoisotopic (exact) mass is 391 g/mol. The molecule has 3 heterocycles. The van der Waals surface area contributed by atoms with Gasteiger partial charge in [0, 0.05) is 17.8 Å². The molecule has 0 bridgehead atoms. The molecular weight excluding hydrogens is 369 g/mol. The van der Waals surface area contributed by atoms with E-state index >= 15 is 0 Å². The number of rotatable bonds is 2. The first-order valence-electron chi connectivity index (χ1n) is 10.0. The Kier molecular flexibility index (Phi) is 4.19. The Labute approximate surface area is 167 Å². The number of halogens is 1. The van der Waals surface area contributed by atoms with E-state index in [1.807, 2.05) is 16.8 Å². The fourth-order valence-corrected chi connectivity index (χ4v) is 4.62. The number of benzene rings is 1. The van der Waals surface area contributed by atoms with Crippen molar-refractivity contribution in [3.8, 4) is 11.3 Å². The van der Waals surface area contributed by atoms with Crippen LogP contribution in [0.5, 0.6) is 0 Å². The summed E-state index contributed by atoms with van der Waals surface area (Å²) >= 11 is 0. The third kappa shape index (κ3) is 2.84. The Morgan fingerprint density at radius 1 is 1.10 bits per heavy atom. The van der Waals surface area contributed by atoms with Crippen LogP contribution < -0.4 is 5.56 Å². The standard InChI is InChI=1S/C22H22FN5O/c1-13-4-3-5-18(14(13)2)27-11-10-17-19(21(27)29)20(15-6-8-16(23)9-7-15)28-22(26-17)24-12-25-28/h6-14,18H,3-5H2,1-2H3/t13-,14-,18-/m1/s1. The van der Waals surface area contributed by atoms with Crippen molar-refractivity contribution in [3.05, 3.63) is 59.0 Å². The van der Waals surface area contributed by atoms with Crippen LogP contribution in [-0.4, -0.2) is 24.1 Å². The van der Waals surface area contributed by atoms with Gasteiger partial charge in [0.1, 0.15) is 12.1 Å². The summed E-state index contributed by atoms with van der Waals surface area (Å²) in [5.74, 6) is 1.07. The highest BCUT2D eigenvalue weighted by Crippen LogP contribution is 2.37. The van der Waals surface area contributed by atoms with E-state index in [2.05, 4.69) is 28.9 Å². The van der Waals surface area contributed by atoms with Gasteiger partial charge >= 0.3 is 0 Å². The topological polar surface area (TPSA) is 65.1 Å². The molecule has 148 valence electrons. The first-order chi connectivity index (χ1) is 14.0. The zero-order valence-electron chi connectivity index (χ0n) is 16.4. The fourth-order valence-electron chi connectivity index (χ4n) is 4.62. The molecule has 29 heavy (non-hydrogen) atoms. The minimum absolute atomic E-state index is 0.0855. The van der Waals surface area contributed by atoms with Crippen molar-refractivity contribution < 1.29 is 4.39 Å². The van der Waals surface area contributed by atoms with Crippen molar-refractivity contribution in [3.63, 3.8) is 0 Å². The lowest BCUT2D eigenvalue weighted by Gasteiger charge is -2.35. The number of hydrogen-bond acceptors (Lipinski definition) is 4. The van der Waals surface area contributed by atoms with Gasteiger partial charge in [0.25, 0.3) is 11.3 Å². The molecule has 0 amide bonds. The first-order valence-corrected chi connectivity index (χ1v) is 10.0. The van der Waals surface area contributed by atoms with Crippen molar-refractivity contribution in [1.29, 1.82) is 0 Å². The smallest absolute Gasteiger partial charge is 0.262 e. The van der Waals surface area contributed by atoms with E-state index in [1.165, 1.54) is 24.9 Å². The maximum Gasteiger partial charge on any atom is 0.262 e. The summed E-state index contributed by atoms with van der Waals surface area (Å²) in [6.07, 6.45) is 6.57. The molecule has 0 unspecified atom stereocenters. The van der Waals surface area contributed by atoms with E-state index in [0.29, 0.717) is 39.8 Å². The zero-order valence-corrected chi connectivity index (χ0v) is 16.4. The molecule has 1 aliphatic rings. The maximum atomic E-state index is 13.7. The van der Waals surface area contributed by atoms with Crippen molar-refractivity contribution >= 4 is 16.7 Å². The molecule has 1 aromatic carbocycles. The van der Waals surface area contributed by atoms with Crippen LogP contribution in [0.4, 0.5) is 4.39 Å². The number of pyridine rings is 1. The van der Waals surface area contributed by atoms with E-state index in [0.717, 1.165) is 12.8 Å². The number of hydrogen-bond donors (Lipinski definition) is 0. The highest BCUT2D eigenvalue weighted by Gasteiger charge is 2.30. The van der Waals surface area contributed by atoms with Crippen LogP contribution >= 0.6 is 0 Å². The summed E-state index contributed by atoms with van der Waals surface area (Å²) in [6.45, 7) is 4.48. The molecule has 6 nitrogen and oxygen atoms in total. The molecule has 3 atom stereocenters. The van der Waals surface area contributed by atoms with Crippen molar-refractivity contribution in [1.82, 2.24) is 24.1 Å². The summed E-state index contributed by atoms with van der Waals surface area (Å²) in [7, 11) is 0. The Morgan fingerprint density at radius 3 is 2.69 bits per heavy atom. The zero-order chi connectivity index (χ0) is 20.1. The molecule has 5 rings (SSSR count). The van der Waals surface area contributed by atoms with Crippen molar-refractivity contribution in [2.24, 2.45) is 11.8 Å². The third-order valence-electron chi connectivity index (χ3n) is 6.44. The quantitative estimate of drug-likeness (QED) is 0.513. The van der Waals surface area contributed by atoms with Crippen LogP contribution in [0.15, 0.2) is 47.7 Å². The predicted molar refractivity (Wildman–Crippen MR) is 109 cm³/mol. The molecule has 1 saturated carbocycles. The average Bonchev–Trinajstić information content (AvgIpc) is 3.18. The molecule has 0 radical (unpaired) electrons. The third-order valence-corrected chi connectivity index (χ3v) is 6.44. The second kappa shape index (κ2) is 6.76. The normalized spacial score (nSPS) is 22.4. The van der Waals surface area contributed by atoms with E-state index in [1.54, 1.807) is 16.6 Å². The molecule has 0 saturated heterocycles. The average molecular weight is 391 g/mol. The van der Waals surface area contributed by atoms with E-state index in [-0.39, 0.29) is 17.4 Å². The molecule has 1 aliphatic carbocycles. The Balaban J connectivity index is 1.82. The van der Waals surface area contributed by atoms with Crippen molar-refractivity contribution in [2.45, 2.75) is 39.2 Å². The number of aromatic nitrogens is 5. The van der Waals surface area contributed by atoms with Gasteiger partial charge in [-0.25, -0.2) is 9.37 Å². The van der Waals surface area contributed by atoms with Crippen LogP contribution in [0.25, 0.3) is 27.9 Å². The molecular formula is C22H22FN5O. The van der Waals surface area contributed by atoms with Crippen LogP contribution in [0.2, 0.25) is 0 Å². The second-order valence-electron chi connectivity index (χ2n) is 8.06. The van der Waals surface area contributed by atoms with Gasteiger partial charge in [-0.15, -0.1) is 0 Å². The van der Waals surface area contributed by atoms with E-state index < -0.39 is 0 Å². The van der Waals surface area contributed by atoms with Crippen LogP contribution in [0, 0.1) is 17.7 Å². The minimum Gasteiger partial charge on any atom is -0.311 e. The van der Waals surface area contributed by atoms with Gasteiger partial charge in [-0.2, -0.15) is 14.6 Å². The summed E-state index contributed by atoms with van der Waals surface area (Å²) in [5, 5.41) is 4.77. The largest absolute Gasteiger partial charge is 0.311 e. The van der Waals surface area contributed by atoms with Gasteiger partial charge < -0.3 is 4.57 Å². The van der Waals surface area contributed by atoms with E-state index in [9.17, 15) is 9.18 Å². The SMILES string of the molecule is C[C@@H]1[C@H](C)CCC[C@H]1n1ccc2nc3ncnn3c(-c3ccc(F)cc3)c2c1=O. The lowest BCUT2D eigenvalue weighted by molar-refractivity contribution is 0.183. The number of nitrogens with zero attached hydrogens (tertiary/aromatic N) is 5. The van der Waals surface area contributed by atoms with E-state index in [4.69, 9.17) is 0 Å². The Morgan fingerprint density at radius 2 is 1.90 bits per heavy atom. The molecule has 0 spiro atoms. The van der Waals surface area contributed by atoms with Gasteiger partial charge in [-0.1, -0.05) is 26.7 Å². The summed E-state index contributed by atoms with van der Waals surface area (Å²) < 4.78 is 16.9. The first kappa shape index (κ1) is 18.0.